The lowest BCUT2D eigenvalue weighted by atomic mass is 10.2. The number of anilines is 2. The number of benzene rings is 2. The number of H-pyrrole nitrogens is 1. The Balaban J connectivity index is 1.38. The van der Waals surface area contributed by atoms with Crippen molar-refractivity contribution < 1.29 is 19.1 Å². The molecule has 0 bridgehead atoms. The fourth-order valence-corrected chi connectivity index (χ4v) is 3.40. The minimum absolute atomic E-state index is 0.0422. The first kappa shape index (κ1) is 21.4. The van der Waals surface area contributed by atoms with Gasteiger partial charge in [0.1, 0.15) is 12.1 Å². The number of aromatic nitrogens is 2. The number of rotatable bonds is 3. The van der Waals surface area contributed by atoms with Crippen molar-refractivity contribution in [1.82, 2.24) is 14.9 Å². The number of nitrogens with zero attached hydrogens (tertiary/aromatic N) is 3. The van der Waals surface area contributed by atoms with Gasteiger partial charge in [-0.3, -0.25) is 14.5 Å². The van der Waals surface area contributed by atoms with Crippen LogP contribution in [-0.4, -0.2) is 58.0 Å². The lowest BCUT2D eigenvalue weighted by Gasteiger charge is -2.35. The van der Waals surface area contributed by atoms with E-state index in [0.29, 0.717) is 24.5 Å². The molecule has 0 aliphatic carbocycles. The maximum atomic E-state index is 12.6. The zero-order valence-electron chi connectivity index (χ0n) is 18.2. The Labute approximate surface area is 185 Å². The molecule has 1 aliphatic rings. The summed E-state index contributed by atoms with van der Waals surface area (Å²) in [5, 5.41) is 2.80. The van der Waals surface area contributed by atoms with E-state index in [9.17, 15) is 14.4 Å². The van der Waals surface area contributed by atoms with Crippen LogP contribution in [0.4, 0.5) is 16.2 Å². The van der Waals surface area contributed by atoms with Crippen molar-refractivity contribution in [2.75, 3.05) is 29.9 Å². The number of imidazole rings is 1. The number of carbonyl (C=O) groups excluding carboxylic acids is 3. The second-order valence-corrected chi connectivity index (χ2v) is 8.55. The summed E-state index contributed by atoms with van der Waals surface area (Å²) in [4.78, 5) is 47.6. The number of carbonyl (C=O) groups is 3. The quantitative estimate of drug-likeness (QED) is 0.656. The Kier molecular flexibility index (Phi) is 5.56. The van der Waals surface area contributed by atoms with Crippen LogP contribution in [0.15, 0.2) is 48.5 Å². The number of hydrogen-bond donors (Lipinski definition) is 2. The van der Waals surface area contributed by atoms with E-state index in [2.05, 4.69) is 15.3 Å². The number of amides is 3. The molecule has 1 aromatic heterocycles. The lowest BCUT2D eigenvalue weighted by molar-refractivity contribution is -0.121. The Morgan fingerprint density at radius 2 is 1.78 bits per heavy atom. The number of nitrogens with one attached hydrogen (secondary N) is 2. The molecule has 1 fully saturated rings. The van der Waals surface area contributed by atoms with Crippen molar-refractivity contribution >= 4 is 40.3 Å². The van der Waals surface area contributed by atoms with E-state index in [-0.39, 0.29) is 24.2 Å². The average Bonchev–Trinajstić information content (AvgIpc) is 3.18. The van der Waals surface area contributed by atoms with Crippen LogP contribution < -0.4 is 10.2 Å². The van der Waals surface area contributed by atoms with Gasteiger partial charge in [0.05, 0.1) is 11.0 Å². The molecule has 3 aromatic rings. The highest BCUT2D eigenvalue weighted by Crippen LogP contribution is 2.22. The molecule has 2 heterocycles. The highest BCUT2D eigenvalue weighted by molar-refractivity contribution is 6.03. The van der Waals surface area contributed by atoms with Gasteiger partial charge in [-0.25, -0.2) is 9.78 Å². The number of ether oxygens (including phenoxy) is 1. The molecule has 2 N–H and O–H groups in total. The lowest BCUT2D eigenvalue weighted by Crippen LogP contribution is -2.53. The van der Waals surface area contributed by atoms with Crippen molar-refractivity contribution in [3.8, 4) is 0 Å². The second kappa shape index (κ2) is 8.33. The summed E-state index contributed by atoms with van der Waals surface area (Å²) in [7, 11) is 0. The number of piperazine rings is 1. The zero-order valence-corrected chi connectivity index (χ0v) is 18.2. The predicted octanol–water partition coefficient (Wildman–Crippen LogP) is 3.40. The molecule has 166 valence electrons. The monoisotopic (exact) mass is 435 g/mol. The molecular weight excluding hydrogens is 410 g/mol. The molecule has 0 saturated carbocycles. The molecule has 3 amide bonds. The topological polar surface area (TPSA) is 108 Å². The van der Waals surface area contributed by atoms with Gasteiger partial charge in [0, 0.05) is 24.5 Å². The highest BCUT2D eigenvalue weighted by Gasteiger charge is 2.30. The zero-order chi connectivity index (χ0) is 22.9. The van der Waals surface area contributed by atoms with Gasteiger partial charge in [-0.1, -0.05) is 12.1 Å². The van der Waals surface area contributed by atoms with Crippen LogP contribution in [0.3, 0.4) is 0 Å². The van der Waals surface area contributed by atoms with Crippen molar-refractivity contribution in [1.29, 1.82) is 0 Å². The Morgan fingerprint density at radius 3 is 2.44 bits per heavy atom. The van der Waals surface area contributed by atoms with Crippen LogP contribution in [-0.2, 0) is 9.53 Å². The van der Waals surface area contributed by atoms with E-state index in [4.69, 9.17) is 4.74 Å². The van der Waals surface area contributed by atoms with Gasteiger partial charge in [-0.2, -0.15) is 0 Å². The maximum Gasteiger partial charge on any atom is 0.410 e. The van der Waals surface area contributed by atoms with Crippen LogP contribution >= 0.6 is 0 Å². The Morgan fingerprint density at radius 1 is 1.06 bits per heavy atom. The minimum Gasteiger partial charge on any atom is -0.444 e. The smallest absolute Gasteiger partial charge is 0.410 e. The molecule has 0 spiro atoms. The average molecular weight is 435 g/mol. The molecule has 32 heavy (non-hydrogen) atoms. The molecular formula is C23H25N5O4. The van der Waals surface area contributed by atoms with E-state index < -0.39 is 11.7 Å². The summed E-state index contributed by atoms with van der Waals surface area (Å²) in [6, 6.07) is 14.4. The van der Waals surface area contributed by atoms with Gasteiger partial charge in [0.25, 0.3) is 5.91 Å². The van der Waals surface area contributed by atoms with E-state index in [1.54, 1.807) is 49.9 Å². The highest BCUT2D eigenvalue weighted by atomic mass is 16.6. The van der Waals surface area contributed by atoms with Crippen LogP contribution in [0.25, 0.3) is 11.0 Å². The molecule has 0 unspecified atom stereocenters. The first-order valence-corrected chi connectivity index (χ1v) is 10.3. The number of fused-ring (bicyclic) bond motifs is 1. The fraction of sp³-hybridized carbons (Fsp3) is 0.304. The SMILES string of the molecule is CC(C)(C)OC(=O)N1CCN(c2ccc(NC(=O)c3nc4ccccc4[nH]3)cc2)C(=O)C1. The summed E-state index contributed by atoms with van der Waals surface area (Å²) in [6.07, 6.45) is -0.492. The van der Waals surface area contributed by atoms with E-state index in [1.165, 1.54) is 4.90 Å². The summed E-state index contributed by atoms with van der Waals surface area (Å²) < 4.78 is 5.34. The van der Waals surface area contributed by atoms with Gasteiger partial charge in [-0.05, 0) is 57.2 Å². The summed E-state index contributed by atoms with van der Waals surface area (Å²) >= 11 is 0. The van der Waals surface area contributed by atoms with E-state index in [1.807, 2.05) is 24.3 Å². The molecule has 9 nitrogen and oxygen atoms in total. The molecule has 0 radical (unpaired) electrons. The summed E-state index contributed by atoms with van der Waals surface area (Å²) in [5.74, 6) is -0.319. The van der Waals surface area contributed by atoms with Crippen molar-refractivity contribution in [2.45, 2.75) is 26.4 Å². The molecule has 1 saturated heterocycles. The fourth-order valence-electron chi connectivity index (χ4n) is 3.40. The number of aromatic amines is 1. The normalized spacial score (nSPS) is 14.5. The standard InChI is InChI=1S/C23H25N5O4/c1-23(2,3)32-22(31)27-12-13-28(19(29)14-27)16-10-8-15(9-11-16)24-21(30)20-25-17-6-4-5-7-18(17)26-20/h4-11H,12-14H2,1-3H3,(H,24,30)(H,25,26). The van der Waals surface area contributed by atoms with Crippen molar-refractivity contribution in [3.05, 3.63) is 54.4 Å². The van der Waals surface area contributed by atoms with Gasteiger partial charge >= 0.3 is 6.09 Å². The first-order chi connectivity index (χ1) is 15.2. The maximum absolute atomic E-state index is 12.6. The van der Waals surface area contributed by atoms with Gasteiger partial charge in [0.15, 0.2) is 5.82 Å². The molecule has 1 aliphatic heterocycles. The third kappa shape index (κ3) is 4.72. The van der Waals surface area contributed by atoms with Crippen LogP contribution in [0.2, 0.25) is 0 Å². The second-order valence-electron chi connectivity index (χ2n) is 8.55. The summed E-state index contributed by atoms with van der Waals surface area (Å²) in [6.45, 7) is 6.07. The van der Waals surface area contributed by atoms with E-state index in [0.717, 1.165) is 11.0 Å². The minimum atomic E-state index is -0.611. The first-order valence-electron chi connectivity index (χ1n) is 10.3. The predicted molar refractivity (Wildman–Crippen MR) is 121 cm³/mol. The van der Waals surface area contributed by atoms with Gasteiger partial charge in [0.2, 0.25) is 5.91 Å². The van der Waals surface area contributed by atoms with Crippen molar-refractivity contribution in [3.63, 3.8) is 0 Å². The van der Waals surface area contributed by atoms with E-state index >= 15 is 0 Å². The Bertz CT molecular complexity index is 1130. The van der Waals surface area contributed by atoms with Crippen molar-refractivity contribution in [2.24, 2.45) is 0 Å². The largest absolute Gasteiger partial charge is 0.444 e. The molecule has 2 aromatic carbocycles. The number of para-hydroxylation sites is 2. The molecule has 4 rings (SSSR count). The van der Waals surface area contributed by atoms with Gasteiger partial charge < -0.3 is 19.9 Å². The van der Waals surface area contributed by atoms with Crippen LogP contribution in [0.1, 0.15) is 31.4 Å². The third-order valence-corrected chi connectivity index (χ3v) is 4.91. The number of hydrogen-bond acceptors (Lipinski definition) is 5. The molecule has 9 heteroatoms. The van der Waals surface area contributed by atoms with Crippen LogP contribution in [0, 0.1) is 0 Å². The Hall–Kier alpha value is -3.88. The van der Waals surface area contributed by atoms with Crippen LogP contribution in [0.5, 0.6) is 0 Å². The third-order valence-electron chi connectivity index (χ3n) is 4.91. The summed E-state index contributed by atoms with van der Waals surface area (Å²) in [5.41, 5.74) is 2.17. The molecule has 0 atom stereocenters. The van der Waals surface area contributed by atoms with Gasteiger partial charge in [-0.15, -0.1) is 0 Å².